The molecule has 7 heteroatoms. The third-order valence-corrected chi connectivity index (χ3v) is 3.98. The molecule has 1 heterocycles. The number of carboxylic acids is 1. The first-order valence-corrected chi connectivity index (χ1v) is 8.32. The van der Waals surface area contributed by atoms with Crippen LogP contribution >= 0.6 is 0 Å². The Hall–Kier alpha value is -3.22. The number of likely N-dealkylation sites (N-methyl/N-ethyl adjacent to an activating group) is 1. The number of ether oxygens (including phenoxy) is 2. The van der Waals surface area contributed by atoms with Crippen molar-refractivity contribution < 1.29 is 28.6 Å². The molecule has 2 aromatic rings. The smallest absolute Gasteiger partial charge is 0.339 e. The minimum atomic E-state index is -1.06. The zero-order valence-electron chi connectivity index (χ0n) is 15.7. The molecule has 0 saturated carbocycles. The summed E-state index contributed by atoms with van der Waals surface area (Å²) in [5.41, 5.74) is 1.12. The van der Waals surface area contributed by atoms with E-state index in [2.05, 4.69) is 6.58 Å². The number of hydrogen-bond donors (Lipinski definition) is 1. The molecule has 0 aliphatic carbocycles. The molecule has 0 bridgehead atoms. The van der Waals surface area contributed by atoms with Gasteiger partial charge in [0.25, 0.3) is 5.91 Å². The van der Waals surface area contributed by atoms with Crippen LogP contribution in [0, 0.1) is 6.92 Å². The van der Waals surface area contributed by atoms with Gasteiger partial charge in [0.15, 0.2) is 18.1 Å². The highest BCUT2D eigenvalue weighted by Crippen LogP contribution is 2.28. The molecule has 2 rings (SSSR count). The number of furan rings is 1. The predicted molar refractivity (Wildman–Crippen MR) is 99.3 cm³/mol. The number of hydrogen-bond acceptors (Lipinski definition) is 5. The molecule has 0 unspecified atom stereocenters. The highest BCUT2D eigenvalue weighted by molar-refractivity contribution is 5.88. The second-order valence-electron chi connectivity index (χ2n) is 6.00. The molecular formula is C20H23NO6. The Labute approximate surface area is 157 Å². The lowest BCUT2D eigenvalue weighted by Crippen LogP contribution is -2.30. The molecule has 1 aromatic heterocycles. The Bertz CT molecular complexity index is 839. The van der Waals surface area contributed by atoms with E-state index in [4.69, 9.17) is 19.0 Å². The van der Waals surface area contributed by atoms with Crippen LogP contribution in [0.15, 0.2) is 41.3 Å². The SMILES string of the molecule is C=CCc1ccc(OCC(=O)N(C)Cc2cc(C(=O)O)c(C)o2)c(OC)c1. The summed E-state index contributed by atoms with van der Waals surface area (Å²) in [7, 11) is 3.13. The van der Waals surface area contributed by atoms with Crippen molar-refractivity contribution in [2.45, 2.75) is 19.9 Å². The van der Waals surface area contributed by atoms with Gasteiger partial charge in [-0.3, -0.25) is 4.79 Å². The third-order valence-electron chi connectivity index (χ3n) is 3.98. The minimum absolute atomic E-state index is 0.0893. The largest absolute Gasteiger partial charge is 0.493 e. The first kappa shape index (κ1) is 20.1. The van der Waals surface area contributed by atoms with Crippen molar-refractivity contribution in [3.8, 4) is 11.5 Å². The number of aryl methyl sites for hydroxylation is 1. The Morgan fingerprint density at radius 1 is 1.30 bits per heavy atom. The summed E-state index contributed by atoms with van der Waals surface area (Å²) in [6, 6.07) is 6.89. The highest BCUT2D eigenvalue weighted by Gasteiger charge is 2.17. The zero-order valence-corrected chi connectivity index (χ0v) is 15.7. The summed E-state index contributed by atoms with van der Waals surface area (Å²) in [4.78, 5) is 24.8. The number of aromatic carboxylic acids is 1. The molecule has 0 atom stereocenters. The van der Waals surface area contributed by atoms with E-state index in [1.54, 1.807) is 26.1 Å². The lowest BCUT2D eigenvalue weighted by molar-refractivity contribution is -0.132. The molecular weight excluding hydrogens is 350 g/mol. The van der Waals surface area contributed by atoms with Crippen molar-refractivity contribution in [3.63, 3.8) is 0 Å². The van der Waals surface area contributed by atoms with Crippen molar-refractivity contribution in [1.29, 1.82) is 0 Å². The van der Waals surface area contributed by atoms with Gasteiger partial charge in [-0.15, -0.1) is 6.58 Å². The standard InChI is InChI=1S/C20H23NO6/c1-5-6-14-7-8-17(18(9-14)25-4)26-12-19(22)21(3)11-15-10-16(20(23)24)13(2)27-15/h5,7-10H,1,6,11-12H2,2-4H3,(H,23,24). The first-order chi connectivity index (χ1) is 12.8. The predicted octanol–water partition coefficient (Wildman–Crippen LogP) is 3.06. The topological polar surface area (TPSA) is 89.2 Å². The van der Waals surface area contributed by atoms with Crippen LogP contribution in [0.1, 0.15) is 27.4 Å². The van der Waals surface area contributed by atoms with E-state index in [0.717, 1.165) is 5.56 Å². The molecule has 1 aromatic carbocycles. The molecule has 1 amide bonds. The Kier molecular flexibility index (Phi) is 6.65. The van der Waals surface area contributed by atoms with Crippen molar-refractivity contribution in [2.24, 2.45) is 0 Å². The normalized spacial score (nSPS) is 10.3. The number of carboxylic acid groups (broad SMARTS) is 1. The van der Waals surface area contributed by atoms with Crippen LogP contribution in [-0.4, -0.2) is 42.6 Å². The lowest BCUT2D eigenvalue weighted by atomic mass is 10.1. The van der Waals surface area contributed by atoms with Crippen LogP contribution in [0.4, 0.5) is 0 Å². The fraction of sp³-hybridized carbons (Fsp3) is 0.300. The number of methoxy groups -OCH3 is 1. The van der Waals surface area contributed by atoms with Crippen LogP contribution in [0.3, 0.4) is 0 Å². The Morgan fingerprint density at radius 2 is 2.04 bits per heavy atom. The molecule has 0 aliphatic heterocycles. The second kappa shape index (κ2) is 8.93. The van der Waals surface area contributed by atoms with Crippen molar-refractivity contribution in [3.05, 3.63) is 59.6 Å². The van der Waals surface area contributed by atoms with E-state index >= 15 is 0 Å². The van der Waals surface area contributed by atoms with Gasteiger partial charge in [0, 0.05) is 7.05 Å². The maximum Gasteiger partial charge on any atom is 0.339 e. The molecule has 144 valence electrons. The quantitative estimate of drug-likeness (QED) is 0.680. The molecule has 0 spiro atoms. The van der Waals surface area contributed by atoms with E-state index in [9.17, 15) is 9.59 Å². The van der Waals surface area contributed by atoms with Crippen LogP contribution in [0.5, 0.6) is 11.5 Å². The van der Waals surface area contributed by atoms with E-state index in [-0.39, 0.29) is 24.6 Å². The van der Waals surface area contributed by atoms with Gasteiger partial charge in [0.05, 0.1) is 13.7 Å². The average Bonchev–Trinajstić information content (AvgIpc) is 3.00. The fourth-order valence-corrected chi connectivity index (χ4v) is 2.53. The summed E-state index contributed by atoms with van der Waals surface area (Å²) in [6.45, 7) is 5.23. The number of allylic oxidation sites excluding steroid dienone is 1. The zero-order chi connectivity index (χ0) is 20.0. The molecule has 7 nitrogen and oxygen atoms in total. The van der Waals surface area contributed by atoms with Crippen molar-refractivity contribution >= 4 is 11.9 Å². The maximum absolute atomic E-state index is 12.3. The number of carbonyl (C=O) groups excluding carboxylic acids is 1. The van der Waals surface area contributed by atoms with Gasteiger partial charge in [-0.2, -0.15) is 0 Å². The summed E-state index contributed by atoms with van der Waals surface area (Å²) < 4.78 is 16.3. The van der Waals surface area contributed by atoms with Gasteiger partial charge >= 0.3 is 5.97 Å². The summed E-state index contributed by atoms with van der Waals surface area (Å²) in [6.07, 6.45) is 2.50. The van der Waals surface area contributed by atoms with Gasteiger partial charge in [0.1, 0.15) is 17.1 Å². The van der Waals surface area contributed by atoms with Gasteiger partial charge in [-0.05, 0) is 37.1 Å². The Morgan fingerprint density at radius 3 is 2.63 bits per heavy atom. The monoisotopic (exact) mass is 373 g/mol. The lowest BCUT2D eigenvalue weighted by Gasteiger charge is -2.17. The van der Waals surface area contributed by atoms with Crippen LogP contribution < -0.4 is 9.47 Å². The molecule has 0 saturated heterocycles. The van der Waals surface area contributed by atoms with E-state index in [1.165, 1.54) is 18.1 Å². The van der Waals surface area contributed by atoms with E-state index in [1.807, 2.05) is 12.1 Å². The van der Waals surface area contributed by atoms with Crippen LogP contribution in [-0.2, 0) is 17.8 Å². The fourth-order valence-electron chi connectivity index (χ4n) is 2.53. The van der Waals surface area contributed by atoms with Crippen molar-refractivity contribution in [1.82, 2.24) is 4.90 Å². The number of benzene rings is 1. The van der Waals surface area contributed by atoms with Crippen LogP contribution in [0.25, 0.3) is 0 Å². The number of rotatable bonds is 9. The molecule has 27 heavy (non-hydrogen) atoms. The van der Waals surface area contributed by atoms with Gasteiger partial charge in [-0.1, -0.05) is 12.1 Å². The van der Waals surface area contributed by atoms with Gasteiger partial charge in [0.2, 0.25) is 0 Å². The first-order valence-electron chi connectivity index (χ1n) is 8.32. The summed E-state index contributed by atoms with van der Waals surface area (Å²) in [5.74, 6) is 0.364. The van der Waals surface area contributed by atoms with Gasteiger partial charge < -0.3 is 23.9 Å². The van der Waals surface area contributed by atoms with Crippen LogP contribution in [0.2, 0.25) is 0 Å². The van der Waals surface area contributed by atoms with Gasteiger partial charge in [-0.25, -0.2) is 4.79 Å². The summed E-state index contributed by atoms with van der Waals surface area (Å²) >= 11 is 0. The van der Waals surface area contributed by atoms with Crippen molar-refractivity contribution in [2.75, 3.05) is 20.8 Å². The average molecular weight is 373 g/mol. The number of amides is 1. The number of carbonyl (C=O) groups is 2. The Balaban J connectivity index is 1.97. The second-order valence-corrected chi connectivity index (χ2v) is 6.00. The maximum atomic E-state index is 12.3. The number of nitrogens with zero attached hydrogens (tertiary/aromatic N) is 1. The molecule has 0 radical (unpaired) electrons. The molecule has 0 fully saturated rings. The van der Waals surface area contributed by atoms with E-state index < -0.39 is 5.97 Å². The highest BCUT2D eigenvalue weighted by atomic mass is 16.5. The molecule has 0 aliphatic rings. The minimum Gasteiger partial charge on any atom is -0.493 e. The summed E-state index contributed by atoms with van der Waals surface area (Å²) in [5, 5.41) is 9.06. The molecule has 1 N–H and O–H groups in total. The third kappa shape index (κ3) is 5.13. The van der Waals surface area contributed by atoms with E-state index in [0.29, 0.717) is 29.4 Å².